The minimum Gasteiger partial charge on any atom is -0.402 e. The predicted molar refractivity (Wildman–Crippen MR) is 73.1 cm³/mol. The van der Waals surface area contributed by atoms with E-state index in [0.29, 0.717) is 11.3 Å². The first-order valence-corrected chi connectivity index (χ1v) is 6.49. The molecule has 2 heterocycles. The molecule has 0 N–H and O–H groups in total. The smallest absolute Gasteiger partial charge is 0.347 e. The standard InChI is InChI=1S/C14H11NO2S/c1-8-6-9(2)12-10(7-8)14(16)17-13(15-12)11-4-3-5-18-11/h3-7H,1-2H3. The highest BCUT2D eigenvalue weighted by Crippen LogP contribution is 2.24. The number of benzene rings is 1. The first-order chi connectivity index (χ1) is 8.65. The fourth-order valence-electron chi connectivity index (χ4n) is 2.04. The normalized spacial score (nSPS) is 11.0. The molecular formula is C14H11NO2S. The van der Waals surface area contributed by atoms with Gasteiger partial charge in [-0.05, 0) is 42.5 Å². The van der Waals surface area contributed by atoms with Crippen molar-refractivity contribution in [3.63, 3.8) is 0 Å². The second-order valence-electron chi connectivity index (χ2n) is 4.26. The Hall–Kier alpha value is -1.94. The van der Waals surface area contributed by atoms with Crippen LogP contribution in [-0.4, -0.2) is 4.98 Å². The van der Waals surface area contributed by atoms with Gasteiger partial charge in [-0.15, -0.1) is 11.3 Å². The Morgan fingerprint density at radius 2 is 2.11 bits per heavy atom. The van der Waals surface area contributed by atoms with E-state index in [9.17, 15) is 4.79 Å². The quantitative estimate of drug-likeness (QED) is 0.669. The highest BCUT2D eigenvalue weighted by Gasteiger charge is 2.11. The van der Waals surface area contributed by atoms with Gasteiger partial charge in [-0.2, -0.15) is 0 Å². The van der Waals surface area contributed by atoms with Crippen molar-refractivity contribution < 1.29 is 4.42 Å². The largest absolute Gasteiger partial charge is 0.402 e. The van der Waals surface area contributed by atoms with Gasteiger partial charge in [0.05, 0.1) is 15.8 Å². The molecule has 2 aromatic heterocycles. The van der Waals surface area contributed by atoms with Crippen LogP contribution in [0.3, 0.4) is 0 Å². The molecule has 1 aromatic carbocycles. The lowest BCUT2D eigenvalue weighted by Gasteiger charge is -2.03. The number of nitrogens with zero attached hydrogens (tertiary/aromatic N) is 1. The highest BCUT2D eigenvalue weighted by molar-refractivity contribution is 7.13. The van der Waals surface area contributed by atoms with Crippen molar-refractivity contribution in [2.24, 2.45) is 0 Å². The molecule has 3 aromatic rings. The lowest BCUT2D eigenvalue weighted by atomic mass is 10.1. The number of fused-ring (bicyclic) bond motifs is 1. The summed E-state index contributed by atoms with van der Waals surface area (Å²) in [6.45, 7) is 3.92. The topological polar surface area (TPSA) is 43.1 Å². The molecule has 0 amide bonds. The molecule has 18 heavy (non-hydrogen) atoms. The minimum absolute atomic E-state index is 0.324. The van der Waals surface area contributed by atoms with Crippen molar-refractivity contribution in [3.8, 4) is 10.8 Å². The van der Waals surface area contributed by atoms with Crippen LogP contribution in [0.1, 0.15) is 11.1 Å². The summed E-state index contributed by atoms with van der Waals surface area (Å²) in [6, 6.07) is 7.64. The molecular weight excluding hydrogens is 246 g/mol. The van der Waals surface area contributed by atoms with Crippen molar-refractivity contribution in [1.29, 1.82) is 0 Å². The first-order valence-electron chi connectivity index (χ1n) is 5.61. The molecule has 0 fully saturated rings. The molecule has 0 saturated carbocycles. The van der Waals surface area contributed by atoms with Crippen molar-refractivity contribution in [2.45, 2.75) is 13.8 Å². The Balaban J connectivity index is 2.38. The Bertz CT molecular complexity index is 772. The van der Waals surface area contributed by atoms with Crippen molar-refractivity contribution in [3.05, 3.63) is 51.2 Å². The van der Waals surface area contributed by atoms with Crippen molar-refractivity contribution >= 4 is 22.2 Å². The van der Waals surface area contributed by atoms with E-state index >= 15 is 0 Å². The van der Waals surface area contributed by atoms with Crippen molar-refractivity contribution in [1.82, 2.24) is 4.98 Å². The Kier molecular flexibility index (Phi) is 2.52. The van der Waals surface area contributed by atoms with Gasteiger partial charge in [-0.3, -0.25) is 0 Å². The summed E-state index contributed by atoms with van der Waals surface area (Å²) in [5.41, 5.74) is 2.43. The van der Waals surface area contributed by atoms with Crippen LogP contribution in [0.2, 0.25) is 0 Å². The minimum atomic E-state index is -0.324. The van der Waals surface area contributed by atoms with Gasteiger partial charge in [-0.25, -0.2) is 9.78 Å². The number of hydrogen-bond acceptors (Lipinski definition) is 4. The molecule has 0 saturated heterocycles. The Morgan fingerprint density at radius 3 is 2.83 bits per heavy atom. The van der Waals surface area contributed by atoms with Crippen LogP contribution in [0, 0.1) is 13.8 Å². The van der Waals surface area contributed by atoms with E-state index in [1.54, 1.807) is 0 Å². The fourth-order valence-corrected chi connectivity index (χ4v) is 2.69. The van der Waals surface area contributed by atoms with E-state index in [0.717, 1.165) is 21.5 Å². The molecule has 3 rings (SSSR count). The van der Waals surface area contributed by atoms with E-state index in [4.69, 9.17) is 4.42 Å². The molecule has 4 heteroatoms. The summed E-state index contributed by atoms with van der Waals surface area (Å²) in [7, 11) is 0. The van der Waals surface area contributed by atoms with Crippen molar-refractivity contribution in [2.75, 3.05) is 0 Å². The molecule has 90 valence electrons. The maximum absolute atomic E-state index is 12.0. The zero-order valence-corrected chi connectivity index (χ0v) is 10.9. The average molecular weight is 257 g/mol. The van der Waals surface area contributed by atoms with Gasteiger partial charge in [0.25, 0.3) is 0 Å². The molecule has 0 aliphatic heterocycles. The van der Waals surface area contributed by atoms with E-state index in [-0.39, 0.29) is 5.63 Å². The van der Waals surface area contributed by atoms with E-state index in [1.807, 2.05) is 43.5 Å². The van der Waals surface area contributed by atoms with E-state index in [2.05, 4.69) is 4.98 Å². The van der Waals surface area contributed by atoms with Crippen LogP contribution in [0.5, 0.6) is 0 Å². The molecule has 0 unspecified atom stereocenters. The molecule has 0 aliphatic carbocycles. The number of aromatic nitrogens is 1. The van der Waals surface area contributed by atoms with Crippen LogP contribution in [0.25, 0.3) is 21.7 Å². The van der Waals surface area contributed by atoms with Crippen LogP contribution >= 0.6 is 11.3 Å². The third kappa shape index (κ3) is 1.75. The van der Waals surface area contributed by atoms with Crippen LogP contribution in [-0.2, 0) is 0 Å². The van der Waals surface area contributed by atoms with Crippen LogP contribution in [0.15, 0.2) is 38.9 Å². The van der Waals surface area contributed by atoms with Gasteiger partial charge in [0.1, 0.15) is 0 Å². The second-order valence-corrected chi connectivity index (χ2v) is 5.21. The summed E-state index contributed by atoms with van der Waals surface area (Å²) in [5, 5.41) is 2.48. The van der Waals surface area contributed by atoms with Gasteiger partial charge in [0.2, 0.25) is 5.89 Å². The maximum atomic E-state index is 12.0. The van der Waals surface area contributed by atoms with E-state index in [1.165, 1.54) is 11.3 Å². The average Bonchev–Trinajstić information content (AvgIpc) is 2.83. The third-order valence-electron chi connectivity index (χ3n) is 2.80. The molecule has 3 nitrogen and oxygen atoms in total. The molecule has 0 bridgehead atoms. The third-order valence-corrected chi connectivity index (χ3v) is 3.66. The number of aryl methyl sites for hydroxylation is 2. The molecule has 0 aliphatic rings. The summed E-state index contributed by atoms with van der Waals surface area (Å²) in [5.74, 6) is 0.398. The summed E-state index contributed by atoms with van der Waals surface area (Å²) in [4.78, 5) is 17.3. The van der Waals surface area contributed by atoms with Crippen LogP contribution in [0.4, 0.5) is 0 Å². The van der Waals surface area contributed by atoms with Gasteiger partial charge in [-0.1, -0.05) is 12.1 Å². The predicted octanol–water partition coefficient (Wildman–Crippen LogP) is 3.53. The molecule has 0 radical (unpaired) electrons. The lowest BCUT2D eigenvalue weighted by Crippen LogP contribution is -2.04. The SMILES string of the molecule is Cc1cc(C)c2nc(-c3cccs3)oc(=O)c2c1. The Morgan fingerprint density at radius 1 is 1.28 bits per heavy atom. The monoisotopic (exact) mass is 257 g/mol. The number of rotatable bonds is 1. The van der Waals surface area contributed by atoms with Gasteiger partial charge in [0, 0.05) is 0 Å². The van der Waals surface area contributed by atoms with E-state index < -0.39 is 0 Å². The molecule has 0 atom stereocenters. The summed E-state index contributed by atoms with van der Waals surface area (Å²) >= 11 is 1.51. The molecule has 0 spiro atoms. The second kappa shape index (κ2) is 4.07. The fraction of sp³-hybridized carbons (Fsp3) is 0.143. The number of thiophene rings is 1. The number of hydrogen-bond donors (Lipinski definition) is 0. The summed E-state index contributed by atoms with van der Waals surface area (Å²) < 4.78 is 5.29. The van der Waals surface area contributed by atoms with Gasteiger partial charge >= 0.3 is 5.63 Å². The highest BCUT2D eigenvalue weighted by atomic mass is 32.1. The summed E-state index contributed by atoms with van der Waals surface area (Å²) in [6.07, 6.45) is 0. The van der Waals surface area contributed by atoms with Gasteiger partial charge in [0.15, 0.2) is 0 Å². The Labute approximate surface area is 108 Å². The zero-order valence-electron chi connectivity index (χ0n) is 10.1. The maximum Gasteiger partial charge on any atom is 0.347 e. The van der Waals surface area contributed by atoms with Crippen LogP contribution < -0.4 is 5.63 Å². The zero-order chi connectivity index (χ0) is 12.7. The van der Waals surface area contributed by atoms with Gasteiger partial charge < -0.3 is 4.42 Å². The first kappa shape index (κ1) is 11.2. The lowest BCUT2D eigenvalue weighted by molar-refractivity contribution is 0.519.